The van der Waals surface area contributed by atoms with Crippen molar-refractivity contribution >= 4 is 37.3 Å². The Morgan fingerprint density at radius 2 is 1.60 bits per heavy atom. The van der Waals surface area contributed by atoms with Gasteiger partial charge in [-0.2, -0.15) is 16.8 Å². The molecule has 1 aromatic heterocycles. The van der Waals surface area contributed by atoms with Gasteiger partial charge in [-0.15, -0.1) is 10.2 Å². The van der Waals surface area contributed by atoms with Crippen molar-refractivity contribution < 1.29 is 25.9 Å². The van der Waals surface area contributed by atoms with E-state index in [9.17, 15) is 26.2 Å². The zero-order valence-electron chi connectivity index (χ0n) is 15.2. The van der Waals surface area contributed by atoms with Gasteiger partial charge in [-0.25, -0.2) is 4.68 Å². The second-order valence-electron chi connectivity index (χ2n) is 6.10. The van der Waals surface area contributed by atoms with E-state index in [2.05, 4.69) is 15.3 Å². The van der Waals surface area contributed by atoms with Crippen molar-refractivity contribution in [2.75, 3.05) is 5.73 Å². The van der Waals surface area contributed by atoms with Crippen LogP contribution in [0.3, 0.4) is 0 Å². The lowest BCUT2D eigenvalue weighted by molar-refractivity contribution is 0.481. The van der Waals surface area contributed by atoms with Crippen LogP contribution in [0.2, 0.25) is 0 Å². The first kappa shape index (κ1) is 21.4. The molecule has 30 heavy (non-hydrogen) atoms. The van der Waals surface area contributed by atoms with Crippen molar-refractivity contribution in [3.05, 3.63) is 58.5 Å². The molecule has 1 heterocycles. The second kappa shape index (κ2) is 7.49. The van der Waals surface area contributed by atoms with Gasteiger partial charge < -0.3 is 5.73 Å². The summed E-state index contributed by atoms with van der Waals surface area (Å²) in [6.45, 7) is 1.52. The Morgan fingerprint density at radius 3 is 2.17 bits per heavy atom. The molecular formula is C16H15N5O7S2. The zero-order valence-corrected chi connectivity index (χ0v) is 16.8. The van der Waals surface area contributed by atoms with E-state index in [1.807, 2.05) is 0 Å². The number of nitrogens with zero attached hydrogens (tertiary/aromatic N) is 3. The average Bonchev–Trinajstić information content (AvgIpc) is 2.92. The number of H-pyrrole nitrogens is 1. The van der Waals surface area contributed by atoms with Crippen molar-refractivity contribution in [2.45, 2.75) is 16.7 Å². The molecule has 0 aliphatic rings. The minimum atomic E-state index is -4.60. The summed E-state index contributed by atoms with van der Waals surface area (Å²) < 4.78 is 64.6. The zero-order chi connectivity index (χ0) is 22.3. The van der Waals surface area contributed by atoms with Crippen LogP contribution in [-0.2, 0) is 20.2 Å². The van der Waals surface area contributed by atoms with Crippen LogP contribution in [0.5, 0.6) is 0 Å². The normalized spacial score (nSPS) is 12.5. The van der Waals surface area contributed by atoms with Gasteiger partial charge in [0.1, 0.15) is 10.6 Å². The van der Waals surface area contributed by atoms with Crippen molar-refractivity contribution in [3.8, 4) is 5.69 Å². The van der Waals surface area contributed by atoms with Gasteiger partial charge in [0.05, 0.1) is 16.3 Å². The number of hydrogen-bond acceptors (Lipinski definition) is 8. The highest BCUT2D eigenvalue weighted by molar-refractivity contribution is 7.86. The van der Waals surface area contributed by atoms with Crippen LogP contribution in [0.4, 0.5) is 17.1 Å². The summed E-state index contributed by atoms with van der Waals surface area (Å²) in [6.07, 6.45) is 0. The average molecular weight is 453 g/mol. The Balaban J connectivity index is 2.04. The van der Waals surface area contributed by atoms with E-state index in [0.29, 0.717) is 0 Å². The molecule has 0 aliphatic carbocycles. The van der Waals surface area contributed by atoms with Crippen molar-refractivity contribution in [1.82, 2.24) is 9.78 Å². The third-order valence-electron chi connectivity index (χ3n) is 3.95. The Bertz CT molecular complexity index is 1420. The number of benzene rings is 2. The number of aryl methyl sites for hydroxylation is 1. The van der Waals surface area contributed by atoms with Crippen LogP contribution in [0.25, 0.3) is 5.69 Å². The highest BCUT2D eigenvalue weighted by atomic mass is 32.2. The number of aromatic nitrogens is 2. The van der Waals surface area contributed by atoms with Gasteiger partial charge in [0.15, 0.2) is 5.69 Å². The fraction of sp³-hybridized carbons (Fsp3) is 0.0625. The van der Waals surface area contributed by atoms with E-state index in [0.717, 1.165) is 22.9 Å². The van der Waals surface area contributed by atoms with Gasteiger partial charge in [0.25, 0.3) is 25.8 Å². The minimum absolute atomic E-state index is 0.155. The van der Waals surface area contributed by atoms with Crippen LogP contribution in [-0.4, -0.2) is 35.7 Å². The first-order valence-corrected chi connectivity index (χ1v) is 10.9. The predicted octanol–water partition coefficient (Wildman–Crippen LogP) is 1.97. The maximum Gasteiger partial charge on any atom is 0.299 e. The molecular weight excluding hydrogens is 438 g/mol. The number of nitrogens with two attached hydrogens (primary N) is 1. The number of rotatable bonds is 5. The summed E-state index contributed by atoms with van der Waals surface area (Å²) in [5.41, 5.74) is 5.23. The Labute approximate surface area is 170 Å². The molecule has 3 aromatic rings. The van der Waals surface area contributed by atoms with Crippen LogP contribution in [0.15, 0.2) is 67.3 Å². The molecule has 3 rings (SSSR count). The summed E-state index contributed by atoms with van der Waals surface area (Å²) in [7, 11) is -8.98. The molecule has 0 atom stereocenters. The third kappa shape index (κ3) is 4.30. The molecule has 0 radical (unpaired) electrons. The topological polar surface area (TPSA) is 197 Å². The molecule has 14 heteroatoms. The maximum atomic E-state index is 12.7. The van der Waals surface area contributed by atoms with Crippen LogP contribution in [0, 0.1) is 6.92 Å². The molecule has 0 unspecified atom stereocenters. The molecule has 0 amide bonds. The number of anilines is 1. The van der Waals surface area contributed by atoms with E-state index >= 15 is 0 Å². The highest BCUT2D eigenvalue weighted by Gasteiger charge is 2.17. The van der Waals surface area contributed by atoms with E-state index in [1.165, 1.54) is 31.2 Å². The second-order valence-corrected chi connectivity index (χ2v) is 8.91. The van der Waals surface area contributed by atoms with Crippen LogP contribution in [0.1, 0.15) is 5.69 Å². The molecule has 0 saturated carbocycles. The van der Waals surface area contributed by atoms with Crippen LogP contribution < -0.4 is 11.3 Å². The Kier molecular flexibility index (Phi) is 5.34. The standard InChI is InChI=1S/C16H15N5O7S2/c1-9-15(19-18-13-8-10(17)2-7-14(13)30(26,27)28)16(22)21(20-9)11-3-5-12(6-4-11)29(23,24)25/h2-8,20H,17H2,1H3,(H,23,24,25)(H,26,27,28). The molecule has 0 spiro atoms. The van der Waals surface area contributed by atoms with E-state index in [1.54, 1.807) is 0 Å². The fourth-order valence-corrected chi connectivity index (χ4v) is 3.62. The van der Waals surface area contributed by atoms with Gasteiger partial charge in [-0.1, -0.05) is 0 Å². The molecule has 0 fully saturated rings. The maximum absolute atomic E-state index is 12.7. The predicted molar refractivity (Wildman–Crippen MR) is 106 cm³/mol. The summed E-state index contributed by atoms with van der Waals surface area (Å²) in [4.78, 5) is 11.8. The van der Waals surface area contributed by atoms with Gasteiger partial charge in [-0.3, -0.25) is 19.0 Å². The quantitative estimate of drug-likeness (QED) is 0.255. The highest BCUT2D eigenvalue weighted by Crippen LogP contribution is 2.28. The number of azo groups is 1. The first-order chi connectivity index (χ1) is 13.9. The van der Waals surface area contributed by atoms with E-state index in [-0.39, 0.29) is 33.3 Å². The van der Waals surface area contributed by atoms with Gasteiger partial charge in [0.2, 0.25) is 0 Å². The Hall–Kier alpha value is -3.33. The molecule has 12 nitrogen and oxygen atoms in total. The minimum Gasteiger partial charge on any atom is -0.399 e. The number of nitrogens with one attached hydrogen (secondary N) is 1. The SMILES string of the molecule is Cc1[nH]n(-c2ccc(S(=O)(=O)O)cc2)c(=O)c1N=Nc1cc(N)ccc1S(=O)(=O)O. The molecule has 158 valence electrons. The van der Waals surface area contributed by atoms with Gasteiger partial charge >= 0.3 is 0 Å². The summed E-state index contributed by atoms with van der Waals surface area (Å²) in [5.74, 6) is 0. The lowest BCUT2D eigenvalue weighted by Crippen LogP contribution is -2.14. The first-order valence-electron chi connectivity index (χ1n) is 8.06. The molecule has 0 bridgehead atoms. The smallest absolute Gasteiger partial charge is 0.299 e. The third-order valence-corrected chi connectivity index (χ3v) is 5.72. The van der Waals surface area contributed by atoms with E-state index in [4.69, 9.17) is 10.3 Å². The largest absolute Gasteiger partial charge is 0.399 e. The monoisotopic (exact) mass is 453 g/mol. The summed E-state index contributed by atoms with van der Waals surface area (Å²) >= 11 is 0. The number of nitrogen functional groups attached to an aromatic ring is 1. The molecule has 5 N–H and O–H groups in total. The lowest BCUT2D eigenvalue weighted by atomic mass is 10.3. The number of hydrogen-bond donors (Lipinski definition) is 4. The van der Waals surface area contributed by atoms with Crippen molar-refractivity contribution in [3.63, 3.8) is 0 Å². The van der Waals surface area contributed by atoms with E-state index < -0.39 is 30.7 Å². The molecule has 0 saturated heterocycles. The van der Waals surface area contributed by atoms with Gasteiger partial charge in [-0.05, 0) is 49.4 Å². The molecule has 2 aromatic carbocycles. The van der Waals surface area contributed by atoms with Crippen molar-refractivity contribution in [1.29, 1.82) is 0 Å². The van der Waals surface area contributed by atoms with Crippen LogP contribution >= 0.6 is 0 Å². The summed E-state index contributed by atoms with van der Waals surface area (Å²) in [6, 6.07) is 8.27. The molecule has 0 aliphatic heterocycles. The fourth-order valence-electron chi connectivity index (χ4n) is 2.54. The number of aromatic amines is 1. The Morgan fingerprint density at radius 1 is 0.967 bits per heavy atom. The van der Waals surface area contributed by atoms with Gasteiger partial charge in [0, 0.05) is 5.69 Å². The lowest BCUT2D eigenvalue weighted by Gasteiger charge is -2.02. The summed E-state index contributed by atoms with van der Waals surface area (Å²) in [5, 5.41) is 10.3. The van der Waals surface area contributed by atoms with Crippen molar-refractivity contribution in [2.24, 2.45) is 10.2 Å².